The molecule has 158 valence electrons. The molecule has 1 aliphatic rings. The molecule has 0 amide bonds. The second-order valence-electron chi connectivity index (χ2n) is 8.08. The molecule has 0 unspecified atom stereocenters. The first-order valence-corrected chi connectivity index (χ1v) is 12.0. The Bertz CT molecular complexity index is 808. The Kier molecular flexibility index (Phi) is 7.66. The highest BCUT2D eigenvalue weighted by Crippen LogP contribution is 2.47. The van der Waals surface area contributed by atoms with Gasteiger partial charge in [0.05, 0.1) is 18.8 Å². The maximum atomic E-state index is 11.3. The lowest BCUT2D eigenvalue weighted by atomic mass is 9.93. The number of phosphoric acid groups is 1. The number of hydrogen-bond donors (Lipinski definition) is 2. The number of rotatable bonds is 9. The Morgan fingerprint density at radius 1 is 0.897 bits per heavy atom. The molecule has 3 N–H and O–H groups in total. The zero-order valence-electron chi connectivity index (χ0n) is 17.2. The van der Waals surface area contributed by atoms with E-state index in [1.54, 1.807) is 0 Å². The van der Waals surface area contributed by atoms with Crippen LogP contribution in [0.15, 0.2) is 48.5 Å². The fraction of sp³-hybridized carbons (Fsp3) is 0.478. The van der Waals surface area contributed by atoms with Crippen LogP contribution in [0.3, 0.4) is 0 Å². The van der Waals surface area contributed by atoms with Crippen molar-refractivity contribution in [2.24, 2.45) is 5.73 Å². The molecule has 1 saturated heterocycles. The van der Waals surface area contributed by atoms with Gasteiger partial charge in [0.2, 0.25) is 0 Å². The highest BCUT2D eigenvalue weighted by atomic mass is 31.2. The van der Waals surface area contributed by atoms with Gasteiger partial charge in [-0.25, -0.2) is 4.57 Å². The van der Waals surface area contributed by atoms with Gasteiger partial charge >= 0.3 is 7.82 Å². The number of aryl methyl sites for hydroxylation is 2. The molecule has 2 aromatic rings. The van der Waals surface area contributed by atoms with Crippen molar-refractivity contribution in [3.63, 3.8) is 0 Å². The van der Waals surface area contributed by atoms with Gasteiger partial charge < -0.3 is 10.6 Å². The van der Waals surface area contributed by atoms with E-state index < -0.39 is 13.4 Å². The minimum Gasteiger partial charge on any atom is -0.321 e. The molecule has 0 aliphatic carbocycles. The van der Waals surface area contributed by atoms with Crippen molar-refractivity contribution in [3.05, 3.63) is 59.7 Å². The minimum atomic E-state index is -3.90. The van der Waals surface area contributed by atoms with Gasteiger partial charge in [0.1, 0.15) is 0 Å². The van der Waals surface area contributed by atoms with E-state index in [0.717, 1.165) is 12.8 Å². The molecule has 0 aromatic heterocycles. The van der Waals surface area contributed by atoms with E-state index in [0.29, 0.717) is 6.42 Å². The van der Waals surface area contributed by atoms with Crippen molar-refractivity contribution in [2.45, 2.75) is 57.4 Å². The smallest absolute Gasteiger partial charge is 0.321 e. The summed E-state index contributed by atoms with van der Waals surface area (Å²) in [6.45, 7) is 2.30. The summed E-state index contributed by atoms with van der Waals surface area (Å²) in [4.78, 5) is 9.27. The standard InChI is InChI=1S/C23H32NO4P/c1-2-3-4-5-6-19-7-11-21(12-8-19)22-13-9-20(10-14-22)15-16-23(24)17-27-29(25,26)28-18-23/h7-14H,2-6,15-18,24H2,1H3,(H,25,26). The third kappa shape index (κ3) is 6.77. The monoisotopic (exact) mass is 417 g/mol. The fourth-order valence-corrected chi connectivity index (χ4v) is 4.44. The number of benzene rings is 2. The van der Waals surface area contributed by atoms with Crippen molar-refractivity contribution in [1.82, 2.24) is 0 Å². The van der Waals surface area contributed by atoms with Crippen molar-refractivity contribution >= 4 is 7.82 Å². The summed E-state index contributed by atoms with van der Waals surface area (Å²) in [5.74, 6) is 0. The molecule has 3 rings (SSSR count). The number of nitrogens with two attached hydrogens (primary N) is 1. The van der Waals surface area contributed by atoms with Crippen LogP contribution in [0.4, 0.5) is 0 Å². The molecule has 0 radical (unpaired) electrons. The van der Waals surface area contributed by atoms with Gasteiger partial charge in [0.15, 0.2) is 0 Å². The van der Waals surface area contributed by atoms with E-state index in [1.165, 1.54) is 47.9 Å². The molecule has 0 atom stereocenters. The van der Waals surface area contributed by atoms with Crippen molar-refractivity contribution in [3.8, 4) is 11.1 Å². The highest BCUT2D eigenvalue weighted by molar-refractivity contribution is 7.47. The highest BCUT2D eigenvalue weighted by Gasteiger charge is 2.38. The lowest BCUT2D eigenvalue weighted by molar-refractivity contribution is 0.0372. The third-order valence-corrected chi connectivity index (χ3v) is 6.41. The van der Waals surface area contributed by atoms with Gasteiger partial charge in [0.25, 0.3) is 0 Å². The predicted octanol–water partition coefficient (Wildman–Crippen LogP) is 5.25. The van der Waals surface area contributed by atoms with Crippen molar-refractivity contribution in [2.75, 3.05) is 13.2 Å². The summed E-state index contributed by atoms with van der Waals surface area (Å²) in [6.07, 6.45) is 7.69. The molecule has 1 fully saturated rings. The summed E-state index contributed by atoms with van der Waals surface area (Å²) in [5.41, 5.74) is 10.5. The van der Waals surface area contributed by atoms with E-state index in [4.69, 9.17) is 14.8 Å². The van der Waals surface area contributed by atoms with Crippen LogP contribution in [-0.4, -0.2) is 23.6 Å². The third-order valence-electron chi connectivity index (χ3n) is 5.50. The van der Waals surface area contributed by atoms with Gasteiger partial charge in [-0.2, -0.15) is 0 Å². The fourth-order valence-electron chi connectivity index (χ4n) is 3.52. The molecular formula is C23H32NO4P. The first-order valence-electron chi connectivity index (χ1n) is 10.5. The van der Waals surface area contributed by atoms with Crippen LogP contribution in [0.25, 0.3) is 11.1 Å². The number of unbranched alkanes of at least 4 members (excludes halogenated alkanes) is 3. The molecular weight excluding hydrogens is 385 g/mol. The van der Waals surface area contributed by atoms with Crippen LogP contribution in [-0.2, 0) is 26.5 Å². The zero-order chi connectivity index (χ0) is 20.7. The first kappa shape index (κ1) is 22.2. The van der Waals surface area contributed by atoms with Crippen LogP contribution in [0.1, 0.15) is 50.2 Å². The summed E-state index contributed by atoms with van der Waals surface area (Å²) in [7, 11) is -3.90. The molecule has 1 heterocycles. The quantitative estimate of drug-likeness (QED) is 0.430. The molecule has 0 spiro atoms. The van der Waals surface area contributed by atoms with Gasteiger partial charge in [-0.05, 0) is 47.9 Å². The van der Waals surface area contributed by atoms with Crippen molar-refractivity contribution < 1.29 is 18.5 Å². The Hall–Kier alpha value is -1.49. The maximum absolute atomic E-state index is 11.3. The van der Waals surface area contributed by atoms with Gasteiger partial charge in [-0.15, -0.1) is 0 Å². The van der Waals surface area contributed by atoms with Crippen LogP contribution < -0.4 is 5.73 Å². The van der Waals surface area contributed by atoms with E-state index in [2.05, 4.69) is 55.5 Å². The topological polar surface area (TPSA) is 81.8 Å². The molecule has 0 saturated carbocycles. The van der Waals surface area contributed by atoms with Crippen LogP contribution in [0, 0.1) is 0 Å². The van der Waals surface area contributed by atoms with Crippen LogP contribution in [0.2, 0.25) is 0 Å². The van der Waals surface area contributed by atoms with E-state index >= 15 is 0 Å². The van der Waals surface area contributed by atoms with Crippen LogP contribution >= 0.6 is 7.82 Å². The molecule has 5 nitrogen and oxygen atoms in total. The predicted molar refractivity (Wildman–Crippen MR) is 117 cm³/mol. The first-order chi connectivity index (χ1) is 13.9. The molecule has 29 heavy (non-hydrogen) atoms. The van der Waals surface area contributed by atoms with E-state index in [1.807, 2.05) is 0 Å². The maximum Gasteiger partial charge on any atom is 0.472 e. The zero-order valence-corrected chi connectivity index (χ0v) is 18.1. The Balaban J connectivity index is 1.51. The summed E-state index contributed by atoms with van der Waals surface area (Å²) in [5, 5.41) is 0. The van der Waals surface area contributed by atoms with Gasteiger partial charge in [-0.3, -0.25) is 9.05 Å². The normalized spacial score (nSPS) is 24.5. The average Bonchev–Trinajstić information content (AvgIpc) is 2.73. The number of hydrogen-bond acceptors (Lipinski definition) is 4. The van der Waals surface area contributed by atoms with Crippen LogP contribution in [0.5, 0.6) is 0 Å². The molecule has 6 heteroatoms. The molecule has 1 aliphatic heterocycles. The average molecular weight is 417 g/mol. The summed E-state index contributed by atoms with van der Waals surface area (Å²) in [6, 6.07) is 17.3. The molecule has 0 bridgehead atoms. The largest absolute Gasteiger partial charge is 0.472 e. The van der Waals surface area contributed by atoms with E-state index in [9.17, 15) is 9.46 Å². The Morgan fingerprint density at radius 3 is 1.93 bits per heavy atom. The minimum absolute atomic E-state index is 0.0314. The second kappa shape index (κ2) is 10.0. The van der Waals surface area contributed by atoms with Gasteiger partial charge in [0, 0.05) is 0 Å². The summed E-state index contributed by atoms with van der Waals surface area (Å²) < 4.78 is 21.0. The van der Waals surface area contributed by atoms with E-state index in [-0.39, 0.29) is 13.2 Å². The lowest BCUT2D eigenvalue weighted by Gasteiger charge is -2.34. The number of phosphoric ester groups is 1. The SMILES string of the molecule is CCCCCCc1ccc(-c2ccc(CCC3(N)COP(=O)(O)OC3)cc2)cc1. The molecule has 2 aromatic carbocycles. The Labute approximate surface area is 173 Å². The van der Waals surface area contributed by atoms with Gasteiger partial charge in [-0.1, -0.05) is 74.7 Å². The summed E-state index contributed by atoms with van der Waals surface area (Å²) >= 11 is 0. The Morgan fingerprint density at radius 2 is 1.41 bits per heavy atom. The van der Waals surface area contributed by atoms with Crippen molar-refractivity contribution in [1.29, 1.82) is 0 Å². The second-order valence-corrected chi connectivity index (χ2v) is 9.54. The lowest BCUT2D eigenvalue weighted by Crippen LogP contribution is -2.51.